The molecule has 1 fully saturated rings. The minimum Gasteiger partial charge on any atom is -0.347 e. The van der Waals surface area contributed by atoms with E-state index >= 15 is 0 Å². The molecular weight excluding hydrogens is 258 g/mol. The van der Waals surface area contributed by atoms with Crippen LogP contribution in [0.1, 0.15) is 25.7 Å². The summed E-state index contributed by atoms with van der Waals surface area (Å²) in [5.74, 6) is -0.432. The normalized spacial score (nSPS) is 27.0. The topological polar surface area (TPSA) is 105 Å². The fourth-order valence-electron chi connectivity index (χ4n) is 2.04. The first-order chi connectivity index (χ1) is 8.46. The highest BCUT2D eigenvalue weighted by Gasteiger charge is 2.27. The van der Waals surface area contributed by atoms with Crippen molar-refractivity contribution in [3.05, 3.63) is 0 Å². The summed E-state index contributed by atoms with van der Waals surface area (Å²) < 4.78 is 22.8. The number of amides is 2. The van der Waals surface area contributed by atoms with E-state index < -0.39 is 15.7 Å². The minimum absolute atomic E-state index is 0.0155. The van der Waals surface area contributed by atoms with E-state index in [1.165, 1.54) is 0 Å². The molecule has 0 aromatic rings. The Balaban J connectivity index is 1.93. The molecule has 0 aromatic carbocycles. The number of nitrogens with zero attached hydrogens (tertiary/aromatic N) is 1. The van der Waals surface area contributed by atoms with Crippen LogP contribution in [0.25, 0.3) is 0 Å². The Morgan fingerprint density at radius 3 is 2.78 bits per heavy atom. The van der Waals surface area contributed by atoms with Gasteiger partial charge in [-0.25, -0.2) is 13.8 Å². The average Bonchev–Trinajstić information content (AvgIpc) is 2.28. The Kier molecular flexibility index (Phi) is 3.65. The standard InChI is InChI=1S/C10H15N3O4S/c14-9-4-3-8(12-13-9)10(15)11-7-2-1-5-18(16,17)6-7/h7H,1-6H2,(H,11,15)(H,13,14). The van der Waals surface area contributed by atoms with Crippen LogP contribution in [0.2, 0.25) is 0 Å². The molecule has 2 aliphatic rings. The molecule has 0 saturated carbocycles. The zero-order valence-electron chi connectivity index (χ0n) is 9.81. The molecule has 7 nitrogen and oxygen atoms in total. The molecule has 2 aliphatic heterocycles. The Hall–Kier alpha value is -1.44. The van der Waals surface area contributed by atoms with E-state index in [0.717, 1.165) is 0 Å². The summed E-state index contributed by atoms with van der Waals surface area (Å²) in [7, 11) is -3.04. The van der Waals surface area contributed by atoms with Gasteiger partial charge in [-0.15, -0.1) is 0 Å². The van der Waals surface area contributed by atoms with Gasteiger partial charge in [0.05, 0.1) is 11.5 Å². The van der Waals surface area contributed by atoms with Crippen LogP contribution in [-0.4, -0.2) is 43.5 Å². The van der Waals surface area contributed by atoms with Crippen LogP contribution in [0, 0.1) is 0 Å². The predicted octanol–water partition coefficient (Wildman–Crippen LogP) is -1.05. The van der Waals surface area contributed by atoms with Gasteiger partial charge >= 0.3 is 0 Å². The van der Waals surface area contributed by atoms with Crippen molar-refractivity contribution >= 4 is 27.4 Å². The fraction of sp³-hybridized carbons (Fsp3) is 0.700. The number of carbonyl (C=O) groups is 2. The molecule has 1 unspecified atom stereocenters. The Morgan fingerprint density at radius 1 is 1.39 bits per heavy atom. The molecule has 2 amide bonds. The van der Waals surface area contributed by atoms with E-state index in [0.29, 0.717) is 12.8 Å². The first-order valence-electron chi connectivity index (χ1n) is 5.83. The Morgan fingerprint density at radius 2 is 2.17 bits per heavy atom. The molecule has 1 atom stereocenters. The van der Waals surface area contributed by atoms with Crippen LogP contribution < -0.4 is 10.7 Å². The van der Waals surface area contributed by atoms with Crippen molar-refractivity contribution in [3.8, 4) is 0 Å². The van der Waals surface area contributed by atoms with Gasteiger partial charge in [0.25, 0.3) is 5.91 Å². The zero-order chi connectivity index (χ0) is 13.2. The monoisotopic (exact) mass is 273 g/mol. The second kappa shape index (κ2) is 5.05. The minimum atomic E-state index is -3.04. The second-order valence-electron chi connectivity index (χ2n) is 4.52. The molecule has 1 saturated heterocycles. The van der Waals surface area contributed by atoms with Gasteiger partial charge in [0.15, 0.2) is 9.84 Å². The van der Waals surface area contributed by atoms with E-state index in [2.05, 4.69) is 15.8 Å². The van der Waals surface area contributed by atoms with Gasteiger partial charge < -0.3 is 5.32 Å². The second-order valence-corrected chi connectivity index (χ2v) is 6.75. The summed E-state index contributed by atoms with van der Waals surface area (Å²) in [5.41, 5.74) is 2.48. The van der Waals surface area contributed by atoms with E-state index in [1.807, 2.05) is 0 Å². The highest BCUT2D eigenvalue weighted by molar-refractivity contribution is 7.91. The molecule has 2 N–H and O–H groups in total. The summed E-state index contributed by atoms with van der Waals surface area (Å²) in [5, 5.41) is 6.33. The number of hydrogen-bond donors (Lipinski definition) is 2. The van der Waals surface area contributed by atoms with E-state index in [1.54, 1.807) is 0 Å². The quantitative estimate of drug-likeness (QED) is 0.669. The van der Waals surface area contributed by atoms with E-state index in [4.69, 9.17) is 0 Å². The lowest BCUT2D eigenvalue weighted by molar-refractivity contribution is -0.121. The lowest BCUT2D eigenvalue weighted by atomic mass is 10.1. The molecule has 0 radical (unpaired) electrons. The van der Waals surface area contributed by atoms with Gasteiger partial charge in [0.2, 0.25) is 5.91 Å². The third kappa shape index (κ3) is 3.28. The average molecular weight is 273 g/mol. The van der Waals surface area contributed by atoms with Gasteiger partial charge in [-0.05, 0) is 12.8 Å². The lowest BCUT2D eigenvalue weighted by Crippen LogP contribution is -2.46. The zero-order valence-corrected chi connectivity index (χ0v) is 10.6. The Labute approximate surface area is 105 Å². The van der Waals surface area contributed by atoms with Gasteiger partial charge in [-0.1, -0.05) is 0 Å². The number of hydrogen-bond acceptors (Lipinski definition) is 5. The number of rotatable bonds is 2. The molecule has 0 aromatic heterocycles. The van der Waals surface area contributed by atoms with Crippen molar-refractivity contribution in [3.63, 3.8) is 0 Å². The highest BCUT2D eigenvalue weighted by atomic mass is 32.2. The molecule has 0 bridgehead atoms. The van der Waals surface area contributed by atoms with E-state index in [9.17, 15) is 18.0 Å². The number of hydrazone groups is 1. The van der Waals surface area contributed by atoms with Crippen molar-refractivity contribution in [2.24, 2.45) is 5.10 Å². The fourth-order valence-corrected chi connectivity index (χ4v) is 3.68. The number of carbonyl (C=O) groups excluding carboxylic acids is 2. The molecule has 2 heterocycles. The maximum Gasteiger partial charge on any atom is 0.267 e. The highest BCUT2D eigenvalue weighted by Crippen LogP contribution is 2.12. The third-order valence-electron chi connectivity index (χ3n) is 2.96. The predicted molar refractivity (Wildman–Crippen MR) is 64.6 cm³/mol. The largest absolute Gasteiger partial charge is 0.347 e. The van der Waals surface area contributed by atoms with Gasteiger partial charge in [0, 0.05) is 18.9 Å². The molecule has 100 valence electrons. The SMILES string of the molecule is O=C1CCC(C(=O)NC2CCCS(=O)(=O)C2)=NN1. The van der Waals surface area contributed by atoms with E-state index in [-0.39, 0.29) is 42.0 Å². The number of nitrogens with one attached hydrogen (secondary N) is 2. The van der Waals surface area contributed by atoms with Gasteiger partial charge in [0.1, 0.15) is 5.71 Å². The van der Waals surface area contributed by atoms with Crippen LogP contribution in [0.4, 0.5) is 0 Å². The third-order valence-corrected chi connectivity index (χ3v) is 4.79. The summed E-state index contributed by atoms with van der Waals surface area (Å²) in [6, 6.07) is -0.350. The van der Waals surface area contributed by atoms with Crippen LogP contribution in [-0.2, 0) is 19.4 Å². The first kappa shape index (κ1) is 13.0. The van der Waals surface area contributed by atoms with Crippen LogP contribution in [0.5, 0.6) is 0 Å². The Bertz CT molecular complexity index is 497. The number of sulfone groups is 1. The van der Waals surface area contributed by atoms with Crippen LogP contribution >= 0.6 is 0 Å². The maximum absolute atomic E-state index is 11.8. The molecular formula is C10H15N3O4S. The summed E-state index contributed by atoms with van der Waals surface area (Å²) in [6.45, 7) is 0. The molecule has 0 aliphatic carbocycles. The van der Waals surface area contributed by atoms with Crippen molar-refractivity contribution in [2.45, 2.75) is 31.7 Å². The summed E-state index contributed by atoms with van der Waals surface area (Å²) in [6.07, 6.45) is 1.74. The van der Waals surface area contributed by atoms with Gasteiger partial charge in [-0.2, -0.15) is 5.10 Å². The maximum atomic E-state index is 11.8. The summed E-state index contributed by atoms with van der Waals surface area (Å²) >= 11 is 0. The van der Waals surface area contributed by atoms with Crippen molar-refractivity contribution in [1.29, 1.82) is 0 Å². The summed E-state index contributed by atoms with van der Waals surface area (Å²) in [4.78, 5) is 22.7. The van der Waals surface area contributed by atoms with Crippen molar-refractivity contribution in [2.75, 3.05) is 11.5 Å². The van der Waals surface area contributed by atoms with Crippen LogP contribution in [0.3, 0.4) is 0 Å². The molecule has 2 rings (SSSR count). The van der Waals surface area contributed by atoms with Crippen molar-refractivity contribution < 1.29 is 18.0 Å². The first-order valence-corrected chi connectivity index (χ1v) is 7.65. The van der Waals surface area contributed by atoms with Crippen molar-refractivity contribution in [1.82, 2.24) is 10.7 Å². The smallest absolute Gasteiger partial charge is 0.267 e. The molecule has 8 heteroatoms. The lowest BCUT2D eigenvalue weighted by Gasteiger charge is -2.23. The van der Waals surface area contributed by atoms with Gasteiger partial charge in [-0.3, -0.25) is 9.59 Å². The molecule has 0 spiro atoms. The molecule has 18 heavy (non-hydrogen) atoms. The van der Waals surface area contributed by atoms with Crippen LogP contribution in [0.15, 0.2) is 5.10 Å².